The number of aryl methyl sites for hydroxylation is 1. The lowest BCUT2D eigenvalue weighted by atomic mass is 10.1. The monoisotopic (exact) mass is 408 g/mol. The molecular weight excluding hydrogens is 391 g/mol. The topological polar surface area (TPSA) is 69.0 Å². The Hall–Kier alpha value is -3.52. The first-order valence-corrected chi connectivity index (χ1v) is 9.64. The summed E-state index contributed by atoms with van der Waals surface area (Å²) in [6, 6.07) is 12.1. The SMILES string of the molecule is COc1ccc(C)cc1-c1csc(NC(=O)c2cnn(-c3ccccc3F)c2)n1. The molecule has 0 aliphatic carbocycles. The molecule has 0 aliphatic rings. The van der Waals surface area contributed by atoms with Crippen LogP contribution in [-0.4, -0.2) is 27.8 Å². The number of rotatable bonds is 5. The van der Waals surface area contributed by atoms with Gasteiger partial charge in [-0.05, 0) is 31.2 Å². The van der Waals surface area contributed by atoms with Crippen molar-refractivity contribution < 1.29 is 13.9 Å². The molecular formula is C21H17FN4O2S. The Labute approximate surface area is 170 Å². The van der Waals surface area contributed by atoms with Crippen LogP contribution in [0.15, 0.2) is 60.2 Å². The van der Waals surface area contributed by atoms with Crippen molar-refractivity contribution in [2.75, 3.05) is 12.4 Å². The van der Waals surface area contributed by atoms with Crippen molar-refractivity contribution in [2.24, 2.45) is 0 Å². The van der Waals surface area contributed by atoms with Gasteiger partial charge >= 0.3 is 0 Å². The minimum absolute atomic E-state index is 0.273. The van der Waals surface area contributed by atoms with Gasteiger partial charge < -0.3 is 4.74 Å². The Morgan fingerprint density at radius 1 is 1.24 bits per heavy atom. The zero-order valence-electron chi connectivity index (χ0n) is 15.7. The van der Waals surface area contributed by atoms with Crippen LogP contribution in [0.1, 0.15) is 15.9 Å². The number of thiazole rings is 1. The zero-order chi connectivity index (χ0) is 20.4. The molecule has 0 atom stereocenters. The largest absolute Gasteiger partial charge is 0.496 e. The number of benzene rings is 2. The molecule has 0 bridgehead atoms. The fourth-order valence-corrected chi connectivity index (χ4v) is 3.56. The number of ether oxygens (including phenoxy) is 1. The summed E-state index contributed by atoms with van der Waals surface area (Å²) in [4.78, 5) is 17.0. The summed E-state index contributed by atoms with van der Waals surface area (Å²) in [6.07, 6.45) is 2.87. The fourth-order valence-electron chi connectivity index (χ4n) is 2.86. The Morgan fingerprint density at radius 3 is 2.86 bits per heavy atom. The number of para-hydroxylation sites is 1. The predicted molar refractivity (Wildman–Crippen MR) is 110 cm³/mol. The van der Waals surface area contributed by atoms with Crippen LogP contribution in [0.3, 0.4) is 0 Å². The lowest BCUT2D eigenvalue weighted by Gasteiger charge is -2.07. The van der Waals surface area contributed by atoms with E-state index in [2.05, 4.69) is 15.4 Å². The quantitative estimate of drug-likeness (QED) is 0.520. The average molecular weight is 408 g/mol. The van der Waals surface area contributed by atoms with E-state index in [1.807, 2.05) is 30.5 Å². The molecule has 1 amide bonds. The van der Waals surface area contributed by atoms with Crippen LogP contribution in [0.5, 0.6) is 5.75 Å². The van der Waals surface area contributed by atoms with Gasteiger partial charge in [0.25, 0.3) is 5.91 Å². The molecule has 1 N–H and O–H groups in total. The summed E-state index contributed by atoms with van der Waals surface area (Å²) in [5.41, 5.74) is 3.23. The van der Waals surface area contributed by atoms with E-state index in [-0.39, 0.29) is 11.6 Å². The Balaban J connectivity index is 1.54. The second-order valence-electron chi connectivity index (χ2n) is 6.32. The number of nitrogens with zero attached hydrogens (tertiary/aromatic N) is 3. The first kappa shape index (κ1) is 18.8. The summed E-state index contributed by atoms with van der Waals surface area (Å²) in [5.74, 6) is -0.0751. The smallest absolute Gasteiger partial charge is 0.260 e. The van der Waals surface area contributed by atoms with Crippen molar-refractivity contribution in [1.29, 1.82) is 0 Å². The van der Waals surface area contributed by atoms with Crippen molar-refractivity contribution in [2.45, 2.75) is 6.92 Å². The van der Waals surface area contributed by atoms with Crippen LogP contribution in [0.4, 0.5) is 9.52 Å². The van der Waals surface area contributed by atoms with Crippen molar-refractivity contribution >= 4 is 22.4 Å². The van der Waals surface area contributed by atoms with Crippen LogP contribution in [-0.2, 0) is 0 Å². The van der Waals surface area contributed by atoms with Crippen molar-refractivity contribution in [3.05, 3.63) is 77.2 Å². The Bertz CT molecular complexity index is 1180. The van der Waals surface area contributed by atoms with E-state index in [1.54, 1.807) is 25.3 Å². The second kappa shape index (κ2) is 7.84. The van der Waals surface area contributed by atoms with Crippen LogP contribution >= 0.6 is 11.3 Å². The number of hydrogen-bond donors (Lipinski definition) is 1. The molecule has 2 heterocycles. The molecule has 29 heavy (non-hydrogen) atoms. The molecule has 4 rings (SSSR count). The van der Waals surface area contributed by atoms with Crippen LogP contribution in [0.25, 0.3) is 16.9 Å². The van der Waals surface area contributed by atoms with Crippen LogP contribution < -0.4 is 10.1 Å². The van der Waals surface area contributed by atoms with Gasteiger partial charge in [-0.15, -0.1) is 11.3 Å². The maximum atomic E-state index is 13.9. The fraction of sp³-hybridized carbons (Fsp3) is 0.0952. The zero-order valence-corrected chi connectivity index (χ0v) is 16.5. The molecule has 0 saturated carbocycles. The van der Waals surface area contributed by atoms with Gasteiger partial charge in [0, 0.05) is 17.1 Å². The molecule has 0 radical (unpaired) electrons. The summed E-state index contributed by atoms with van der Waals surface area (Å²) in [7, 11) is 1.61. The third-order valence-electron chi connectivity index (χ3n) is 4.30. The van der Waals surface area contributed by atoms with Gasteiger partial charge in [0.1, 0.15) is 17.3 Å². The summed E-state index contributed by atoms with van der Waals surface area (Å²) in [6.45, 7) is 1.99. The van der Waals surface area contributed by atoms with Crippen molar-refractivity contribution in [1.82, 2.24) is 14.8 Å². The maximum Gasteiger partial charge on any atom is 0.260 e. The number of amides is 1. The van der Waals surface area contributed by atoms with Gasteiger partial charge in [0.15, 0.2) is 5.13 Å². The Morgan fingerprint density at radius 2 is 2.07 bits per heavy atom. The number of anilines is 1. The molecule has 0 unspecified atom stereocenters. The van der Waals surface area contributed by atoms with Gasteiger partial charge in [0.2, 0.25) is 0 Å². The summed E-state index contributed by atoms with van der Waals surface area (Å²) < 4.78 is 20.6. The number of carbonyl (C=O) groups is 1. The highest BCUT2D eigenvalue weighted by molar-refractivity contribution is 7.14. The van der Waals surface area contributed by atoms with Gasteiger partial charge in [0.05, 0.1) is 24.6 Å². The number of hydrogen-bond acceptors (Lipinski definition) is 5. The number of methoxy groups -OCH3 is 1. The molecule has 2 aromatic carbocycles. The highest BCUT2D eigenvalue weighted by atomic mass is 32.1. The van der Waals surface area contributed by atoms with Crippen molar-refractivity contribution in [3.8, 4) is 22.7 Å². The predicted octanol–water partition coefficient (Wildman–Crippen LogP) is 4.70. The molecule has 4 aromatic rings. The van der Waals surface area contributed by atoms with E-state index in [4.69, 9.17) is 4.74 Å². The summed E-state index contributed by atoms with van der Waals surface area (Å²) >= 11 is 1.31. The van der Waals surface area contributed by atoms with E-state index in [9.17, 15) is 9.18 Å². The molecule has 2 aromatic heterocycles. The number of aromatic nitrogens is 3. The molecule has 0 fully saturated rings. The third kappa shape index (κ3) is 3.88. The van der Waals surface area contributed by atoms with E-state index in [0.717, 1.165) is 11.1 Å². The lowest BCUT2D eigenvalue weighted by molar-refractivity contribution is 0.102. The first-order chi connectivity index (χ1) is 14.0. The van der Waals surface area contributed by atoms with Gasteiger partial charge in [-0.3, -0.25) is 10.1 Å². The molecule has 0 aliphatic heterocycles. The third-order valence-corrected chi connectivity index (χ3v) is 5.06. The number of nitrogens with one attached hydrogen (secondary N) is 1. The Kier molecular flexibility index (Phi) is 5.09. The van der Waals surface area contributed by atoms with Crippen LogP contribution in [0.2, 0.25) is 0 Å². The second-order valence-corrected chi connectivity index (χ2v) is 7.18. The van der Waals surface area contributed by atoms with Crippen molar-refractivity contribution in [3.63, 3.8) is 0 Å². The molecule has 146 valence electrons. The van der Waals surface area contributed by atoms with Crippen LogP contribution in [0, 0.1) is 12.7 Å². The molecule has 8 heteroatoms. The normalized spacial score (nSPS) is 10.7. The molecule has 0 spiro atoms. The molecule has 6 nitrogen and oxygen atoms in total. The van der Waals surface area contributed by atoms with E-state index in [0.29, 0.717) is 22.1 Å². The van der Waals surface area contributed by atoms with Gasteiger partial charge in [-0.25, -0.2) is 14.1 Å². The maximum absolute atomic E-state index is 13.9. The molecule has 0 saturated heterocycles. The minimum Gasteiger partial charge on any atom is -0.496 e. The minimum atomic E-state index is -0.417. The van der Waals surface area contributed by atoms with E-state index >= 15 is 0 Å². The standard InChI is InChI=1S/C21H17FN4O2S/c1-13-7-8-19(28-2)15(9-13)17-12-29-21(24-17)25-20(27)14-10-23-26(11-14)18-6-4-3-5-16(18)22/h3-12H,1-2H3,(H,24,25,27). The van der Waals surface area contributed by atoms with Gasteiger partial charge in [-0.2, -0.15) is 5.10 Å². The first-order valence-electron chi connectivity index (χ1n) is 8.76. The summed E-state index contributed by atoms with van der Waals surface area (Å²) in [5, 5.41) is 9.15. The number of halogens is 1. The number of carbonyl (C=O) groups excluding carboxylic acids is 1. The lowest BCUT2D eigenvalue weighted by Crippen LogP contribution is -2.10. The van der Waals surface area contributed by atoms with Gasteiger partial charge in [-0.1, -0.05) is 23.8 Å². The highest BCUT2D eigenvalue weighted by Crippen LogP contribution is 2.33. The van der Waals surface area contributed by atoms with E-state index in [1.165, 1.54) is 34.5 Å². The van der Waals surface area contributed by atoms with E-state index < -0.39 is 5.82 Å². The average Bonchev–Trinajstić information content (AvgIpc) is 3.38. The highest BCUT2D eigenvalue weighted by Gasteiger charge is 2.15.